The van der Waals surface area contributed by atoms with Crippen LogP contribution < -0.4 is 24.8 Å². The molecule has 0 aliphatic heterocycles. The van der Waals surface area contributed by atoms with E-state index in [4.69, 9.17) is 25.8 Å². The van der Waals surface area contributed by atoms with Crippen molar-refractivity contribution in [3.05, 3.63) is 82.9 Å². The van der Waals surface area contributed by atoms with Gasteiger partial charge >= 0.3 is 0 Å². The molecule has 0 fully saturated rings. The van der Waals surface area contributed by atoms with Crippen molar-refractivity contribution in [2.24, 2.45) is 0 Å². The summed E-state index contributed by atoms with van der Waals surface area (Å²) in [5, 5.41) is 15.2. The van der Waals surface area contributed by atoms with Gasteiger partial charge in [-0.3, -0.25) is 9.59 Å². The fourth-order valence-corrected chi connectivity index (χ4v) is 3.16. The van der Waals surface area contributed by atoms with Gasteiger partial charge in [-0.25, -0.2) is 0 Å². The van der Waals surface area contributed by atoms with Crippen LogP contribution in [0.1, 0.15) is 5.56 Å². The second-order valence-electron chi connectivity index (χ2n) is 7.08. The minimum atomic E-state index is -0.562. The second kappa shape index (κ2) is 12.1. The minimum Gasteiger partial charge on any atom is -0.497 e. The Morgan fingerprint density at radius 1 is 0.971 bits per heavy atom. The van der Waals surface area contributed by atoms with Gasteiger partial charge in [-0.1, -0.05) is 29.8 Å². The number of carbonyl (C=O) groups is 2. The van der Waals surface area contributed by atoms with Crippen LogP contribution >= 0.6 is 11.6 Å². The molecular weight excluding hydrogens is 470 g/mol. The zero-order chi connectivity index (χ0) is 25.2. The van der Waals surface area contributed by atoms with Gasteiger partial charge in [0.05, 0.1) is 24.9 Å². The van der Waals surface area contributed by atoms with Crippen molar-refractivity contribution >= 4 is 40.9 Å². The molecule has 3 aromatic rings. The number of nitriles is 1. The minimum absolute atomic E-state index is 0.101. The lowest BCUT2D eigenvalue weighted by molar-refractivity contribution is -0.118. The fourth-order valence-electron chi connectivity index (χ4n) is 2.97. The number of hydrogen-bond donors (Lipinski definition) is 2. The predicted molar refractivity (Wildman–Crippen MR) is 134 cm³/mol. The third kappa shape index (κ3) is 7.00. The number of anilines is 2. The zero-order valence-corrected chi connectivity index (χ0v) is 19.8. The van der Waals surface area contributed by atoms with E-state index in [-0.39, 0.29) is 12.2 Å². The van der Waals surface area contributed by atoms with Gasteiger partial charge in [-0.05, 0) is 60.2 Å². The smallest absolute Gasteiger partial charge is 0.266 e. The van der Waals surface area contributed by atoms with Crippen LogP contribution in [0.2, 0.25) is 5.02 Å². The van der Waals surface area contributed by atoms with E-state index in [1.807, 2.05) is 6.07 Å². The molecule has 2 N–H and O–H groups in total. The number of amides is 2. The van der Waals surface area contributed by atoms with Crippen molar-refractivity contribution < 1.29 is 23.8 Å². The number of halogens is 1. The van der Waals surface area contributed by atoms with E-state index in [9.17, 15) is 14.9 Å². The van der Waals surface area contributed by atoms with E-state index in [1.54, 1.807) is 73.8 Å². The normalized spacial score (nSPS) is 10.6. The average molecular weight is 492 g/mol. The highest BCUT2D eigenvalue weighted by Gasteiger charge is 2.13. The maximum Gasteiger partial charge on any atom is 0.266 e. The van der Waals surface area contributed by atoms with Crippen LogP contribution in [0, 0.1) is 11.3 Å². The summed E-state index contributed by atoms with van der Waals surface area (Å²) in [6.07, 6.45) is 1.43. The van der Waals surface area contributed by atoms with E-state index in [2.05, 4.69) is 10.6 Å². The van der Waals surface area contributed by atoms with E-state index >= 15 is 0 Å². The lowest BCUT2D eigenvalue weighted by Crippen LogP contribution is -2.20. The number of nitrogens with one attached hydrogen (secondary N) is 2. The summed E-state index contributed by atoms with van der Waals surface area (Å²) >= 11 is 6.05. The molecule has 0 aromatic heterocycles. The van der Waals surface area contributed by atoms with Crippen LogP contribution in [0.15, 0.2) is 72.3 Å². The Labute approximate surface area is 207 Å². The second-order valence-corrected chi connectivity index (χ2v) is 7.49. The fraction of sp³-hybridized carbons (Fsp3) is 0.115. The Hall–Kier alpha value is -4.48. The van der Waals surface area contributed by atoms with Crippen molar-refractivity contribution in [1.29, 1.82) is 5.26 Å². The summed E-state index contributed by atoms with van der Waals surface area (Å²) in [4.78, 5) is 24.7. The van der Waals surface area contributed by atoms with E-state index in [0.29, 0.717) is 39.2 Å². The number of carbonyl (C=O) groups excluding carboxylic acids is 2. The third-order valence-corrected chi connectivity index (χ3v) is 5.05. The number of ether oxygens (including phenoxy) is 3. The Bertz CT molecular complexity index is 1280. The van der Waals surface area contributed by atoms with Gasteiger partial charge in [0.2, 0.25) is 0 Å². The molecule has 2 amide bonds. The van der Waals surface area contributed by atoms with Crippen molar-refractivity contribution in [3.8, 4) is 23.3 Å². The summed E-state index contributed by atoms with van der Waals surface area (Å²) < 4.78 is 16.0. The number of nitrogens with zero attached hydrogens (tertiary/aromatic N) is 1. The topological polar surface area (TPSA) is 110 Å². The standard InChI is InChI=1S/C26H22ClN3O5/c1-33-20-10-8-19(9-11-20)29-26(32)18(15-28)13-17-7-12-23(24(14-17)34-2)35-16-25(31)30-22-6-4-3-5-21(22)27/h3-14H,16H2,1-2H3,(H,29,32)(H,30,31)/b18-13+. The molecule has 0 saturated heterocycles. The van der Waals surface area contributed by atoms with Gasteiger partial charge < -0.3 is 24.8 Å². The Morgan fingerprint density at radius 2 is 1.71 bits per heavy atom. The Balaban J connectivity index is 1.67. The van der Waals surface area contributed by atoms with Crippen LogP contribution in [0.4, 0.5) is 11.4 Å². The molecule has 0 saturated carbocycles. The molecule has 0 radical (unpaired) electrons. The van der Waals surface area contributed by atoms with Crippen LogP contribution in [0.25, 0.3) is 6.08 Å². The number of benzene rings is 3. The molecule has 9 heteroatoms. The molecule has 35 heavy (non-hydrogen) atoms. The van der Waals surface area contributed by atoms with Crippen LogP contribution in [0.3, 0.4) is 0 Å². The maximum atomic E-state index is 12.5. The van der Waals surface area contributed by atoms with Gasteiger partial charge in [0.1, 0.15) is 17.4 Å². The first-order chi connectivity index (χ1) is 16.9. The largest absolute Gasteiger partial charge is 0.497 e. The van der Waals surface area contributed by atoms with Crippen molar-refractivity contribution in [3.63, 3.8) is 0 Å². The highest BCUT2D eigenvalue weighted by atomic mass is 35.5. The Kier molecular flexibility index (Phi) is 8.70. The highest BCUT2D eigenvalue weighted by molar-refractivity contribution is 6.33. The van der Waals surface area contributed by atoms with E-state index < -0.39 is 11.8 Å². The average Bonchev–Trinajstić information content (AvgIpc) is 2.88. The lowest BCUT2D eigenvalue weighted by atomic mass is 10.1. The SMILES string of the molecule is COc1ccc(NC(=O)/C(C#N)=C/c2ccc(OCC(=O)Nc3ccccc3Cl)c(OC)c2)cc1. The molecule has 3 rings (SSSR count). The molecule has 8 nitrogen and oxygen atoms in total. The third-order valence-electron chi connectivity index (χ3n) is 4.72. The van der Waals surface area contributed by atoms with Gasteiger partial charge in [0, 0.05) is 5.69 Å². The van der Waals surface area contributed by atoms with E-state index in [0.717, 1.165) is 0 Å². The predicted octanol–water partition coefficient (Wildman–Crippen LogP) is 4.92. The quantitative estimate of drug-likeness (QED) is 0.325. The first kappa shape index (κ1) is 25.1. The lowest BCUT2D eigenvalue weighted by Gasteiger charge is -2.12. The number of rotatable bonds is 9. The highest BCUT2D eigenvalue weighted by Crippen LogP contribution is 2.29. The van der Waals surface area contributed by atoms with Crippen LogP contribution in [0.5, 0.6) is 17.2 Å². The van der Waals surface area contributed by atoms with Gasteiger partial charge in [-0.2, -0.15) is 5.26 Å². The van der Waals surface area contributed by atoms with Crippen LogP contribution in [-0.4, -0.2) is 32.6 Å². The first-order valence-corrected chi connectivity index (χ1v) is 10.7. The van der Waals surface area contributed by atoms with Gasteiger partial charge in [0.25, 0.3) is 11.8 Å². The van der Waals surface area contributed by atoms with Crippen molar-refractivity contribution in [2.75, 3.05) is 31.5 Å². The monoisotopic (exact) mass is 491 g/mol. The summed E-state index contributed by atoms with van der Waals surface area (Å²) in [5.41, 5.74) is 1.44. The number of para-hydroxylation sites is 1. The first-order valence-electron chi connectivity index (χ1n) is 10.4. The molecule has 0 unspecified atom stereocenters. The molecule has 0 spiro atoms. The molecule has 0 aliphatic rings. The molecule has 0 aliphatic carbocycles. The van der Waals surface area contributed by atoms with Gasteiger partial charge in [-0.15, -0.1) is 0 Å². The summed E-state index contributed by atoms with van der Waals surface area (Å²) in [7, 11) is 2.99. The van der Waals surface area contributed by atoms with Crippen LogP contribution in [-0.2, 0) is 9.59 Å². The molecular formula is C26H22ClN3O5. The summed E-state index contributed by atoms with van der Waals surface area (Å²) in [6.45, 7) is -0.273. The summed E-state index contributed by atoms with van der Waals surface area (Å²) in [5.74, 6) is 0.339. The Morgan fingerprint density at radius 3 is 2.37 bits per heavy atom. The maximum absolute atomic E-state index is 12.5. The molecule has 3 aromatic carbocycles. The van der Waals surface area contributed by atoms with Crippen molar-refractivity contribution in [2.45, 2.75) is 0 Å². The van der Waals surface area contributed by atoms with Crippen molar-refractivity contribution in [1.82, 2.24) is 0 Å². The molecule has 0 bridgehead atoms. The molecule has 178 valence electrons. The molecule has 0 heterocycles. The molecule has 0 atom stereocenters. The zero-order valence-electron chi connectivity index (χ0n) is 19.0. The van der Waals surface area contributed by atoms with E-state index in [1.165, 1.54) is 13.2 Å². The number of methoxy groups -OCH3 is 2. The van der Waals surface area contributed by atoms with Gasteiger partial charge in [0.15, 0.2) is 18.1 Å². The summed E-state index contributed by atoms with van der Waals surface area (Å²) in [6, 6.07) is 20.3. The number of hydrogen-bond acceptors (Lipinski definition) is 6.